The second-order valence-corrected chi connectivity index (χ2v) is 6.23. The van der Waals surface area contributed by atoms with Gasteiger partial charge in [-0.25, -0.2) is 4.98 Å². The van der Waals surface area contributed by atoms with Crippen molar-refractivity contribution >= 4 is 22.6 Å². The number of benzene rings is 2. The van der Waals surface area contributed by atoms with E-state index in [1.54, 1.807) is 6.07 Å². The molecular weight excluding hydrogens is 298 g/mol. The van der Waals surface area contributed by atoms with Gasteiger partial charge in [0.05, 0.1) is 17.1 Å². The number of pyridine rings is 1. The minimum atomic E-state index is -0.451. The number of hydrogen-bond donors (Lipinski definition) is 2. The van der Waals surface area contributed by atoms with Crippen molar-refractivity contribution in [3.63, 3.8) is 0 Å². The zero-order chi connectivity index (χ0) is 16.5. The van der Waals surface area contributed by atoms with Crippen LogP contribution in [0.5, 0.6) is 0 Å². The van der Waals surface area contributed by atoms with Crippen molar-refractivity contribution in [2.45, 2.75) is 25.3 Å². The second-order valence-electron chi connectivity index (χ2n) is 6.23. The molecule has 0 fully saturated rings. The Morgan fingerprint density at radius 2 is 1.96 bits per heavy atom. The number of primary amides is 1. The number of rotatable bonds is 3. The second kappa shape index (κ2) is 5.96. The van der Waals surface area contributed by atoms with Gasteiger partial charge < -0.3 is 11.1 Å². The number of carbonyl (C=O) groups excluding carboxylic acids is 1. The van der Waals surface area contributed by atoms with Crippen LogP contribution in [0.15, 0.2) is 54.6 Å². The number of nitrogens with two attached hydrogens (primary N) is 1. The minimum absolute atomic E-state index is 0.251. The number of para-hydroxylation sites is 1. The summed E-state index contributed by atoms with van der Waals surface area (Å²) in [5, 5.41) is 4.45. The topological polar surface area (TPSA) is 68.0 Å². The molecule has 1 atom stereocenters. The molecule has 3 N–H and O–H groups in total. The van der Waals surface area contributed by atoms with Gasteiger partial charge in [0.2, 0.25) is 0 Å². The molecule has 0 saturated heterocycles. The van der Waals surface area contributed by atoms with Crippen molar-refractivity contribution < 1.29 is 4.79 Å². The first-order valence-electron chi connectivity index (χ1n) is 8.26. The third kappa shape index (κ3) is 2.60. The van der Waals surface area contributed by atoms with Crippen LogP contribution in [0.3, 0.4) is 0 Å². The van der Waals surface area contributed by atoms with Crippen LogP contribution in [0.25, 0.3) is 10.9 Å². The molecule has 1 heterocycles. The van der Waals surface area contributed by atoms with Crippen molar-refractivity contribution in [2.24, 2.45) is 5.73 Å². The molecule has 0 radical (unpaired) electrons. The number of hydrogen-bond acceptors (Lipinski definition) is 3. The van der Waals surface area contributed by atoms with Crippen LogP contribution in [-0.2, 0) is 6.42 Å². The summed E-state index contributed by atoms with van der Waals surface area (Å²) in [4.78, 5) is 16.3. The molecule has 1 unspecified atom stereocenters. The SMILES string of the molecule is NC(=O)c1cccc2ccc(NC3CCCc4ccccc43)nc12. The van der Waals surface area contributed by atoms with Crippen LogP contribution in [0, 0.1) is 0 Å². The Morgan fingerprint density at radius 3 is 2.83 bits per heavy atom. The summed E-state index contributed by atoms with van der Waals surface area (Å²) in [7, 11) is 0. The molecule has 1 amide bonds. The molecule has 0 bridgehead atoms. The Morgan fingerprint density at radius 1 is 1.08 bits per heavy atom. The average molecular weight is 317 g/mol. The lowest BCUT2D eigenvalue weighted by molar-refractivity contribution is 0.100. The summed E-state index contributed by atoms with van der Waals surface area (Å²) in [6.45, 7) is 0. The highest BCUT2D eigenvalue weighted by molar-refractivity contribution is 6.04. The van der Waals surface area contributed by atoms with E-state index >= 15 is 0 Å². The molecule has 4 heteroatoms. The lowest BCUT2D eigenvalue weighted by atomic mass is 9.88. The molecule has 1 aliphatic rings. The highest BCUT2D eigenvalue weighted by atomic mass is 16.1. The van der Waals surface area contributed by atoms with E-state index in [1.165, 1.54) is 11.1 Å². The van der Waals surface area contributed by atoms with Gasteiger partial charge in [-0.15, -0.1) is 0 Å². The lowest BCUT2D eigenvalue weighted by Crippen LogP contribution is -2.18. The molecule has 1 aromatic heterocycles. The fourth-order valence-electron chi connectivity index (χ4n) is 3.51. The van der Waals surface area contributed by atoms with Gasteiger partial charge in [0.1, 0.15) is 5.82 Å². The molecule has 24 heavy (non-hydrogen) atoms. The zero-order valence-corrected chi connectivity index (χ0v) is 13.3. The maximum Gasteiger partial charge on any atom is 0.250 e. The number of anilines is 1. The van der Waals surface area contributed by atoms with Gasteiger partial charge >= 0.3 is 0 Å². The Hall–Kier alpha value is -2.88. The molecule has 120 valence electrons. The predicted octanol–water partition coefficient (Wildman–Crippen LogP) is 3.82. The van der Waals surface area contributed by atoms with E-state index in [0.717, 1.165) is 30.5 Å². The van der Waals surface area contributed by atoms with Gasteiger partial charge in [-0.2, -0.15) is 0 Å². The quantitative estimate of drug-likeness (QED) is 0.771. The van der Waals surface area contributed by atoms with Gasteiger partial charge in [0.15, 0.2) is 0 Å². The van der Waals surface area contributed by atoms with Crippen LogP contribution >= 0.6 is 0 Å². The summed E-state index contributed by atoms with van der Waals surface area (Å²) in [5.74, 6) is 0.325. The number of fused-ring (bicyclic) bond motifs is 2. The zero-order valence-electron chi connectivity index (χ0n) is 13.3. The first-order valence-corrected chi connectivity index (χ1v) is 8.26. The lowest BCUT2D eigenvalue weighted by Gasteiger charge is -2.27. The van der Waals surface area contributed by atoms with E-state index in [9.17, 15) is 4.79 Å². The third-order valence-corrected chi connectivity index (χ3v) is 4.68. The van der Waals surface area contributed by atoms with Gasteiger partial charge in [0, 0.05) is 5.39 Å². The molecule has 1 aliphatic carbocycles. The van der Waals surface area contributed by atoms with Crippen LogP contribution in [0.4, 0.5) is 5.82 Å². The maximum absolute atomic E-state index is 11.6. The summed E-state index contributed by atoms with van der Waals surface area (Å²) < 4.78 is 0. The van der Waals surface area contributed by atoms with E-state index in [-0.39, 0.29) is 6.04 Å². The molecule has 2 aromatic carbocycles. The van der Waals surface area contributed by atoms with E-state index in [0.29, 0.717) is 11.1 Å². The van der Waals surface area contributed by atoms with Crippen LogP contribution < -0.4 is 11.1 Å². The molecule has 3 aromatic rings. The standard InChI is InChI=1S/C20H19N3O/c21-20(24)16-9-3-7-14-11-12-18(23-19(14)16)22-17-10-4-6-13-5-1-2-8-15(13)17/h1-3,5,7-9,11-12,17H,4,6,10H2,(H2,21,24)(H,22,23). The number of aryl methyl sites for hydroxylation is 1. The van der Waals surface area contributed by atoms with Crippen molar-refractivity contribution in [1.82, 2.24) is 4.98 Å². The van der Waals surface area contributed by atoms with Gasteiger partial charge in [-0.1, -0.05) is 36.4 Å². The number of aromatic nitrogens is 1. The van der Waals surface area contributed by atoms with Crippen LogP contribution in [0.2, 0.25) is 0 Å². The van der Waals surface area contributed by atoms with E-state index in [2.05, 4.69) is 34.6 Å². The summed E-state index contributed by atoms with van der Waals surface area (Å²) in [6.07, 6.45) is 3.37. The van der Waals surface area contributed by atoms with Crippen molar-refractivity contribution in [3.05, 3.63) is 71.3 Å². The highest BCUT2D eigenvalue weighted by Gasteiger charge is 2.20. The van der Waals surface area contributed by atoms with E-state index < -0.39 is 5.91 Å². The minimum Gasteiger partial charge on any atom is -0.366 e. The smallest absolute Gasteiger partial charge is 0.250 e. The molecule has 0 saturated carbocycles. The third-order valence-electron chi connectivity index (χ3n) is 4.68. The Balaban J connectivity index is 1.71. The molecular formula is C20H19N3O. The fourth-order valence-corrected chi connectivity index (χ4v) is 3.51. The molecule has 0 spiro atoms. The van der Waals surface area contributed by atoms with E-state index in [4.69, 9.17) is 5.73 Å². The summed E-state index contributed by atoms with van der Waals surface area (Å²) in [5.41, 5.74) is 9.33. The molecule has 4 rings (SSSR count). The van der Waals surface area contributed by atoms with Crippen LogP contribution in [-0.4, -0.2) is 10.9 Å². The van der Waals surface area contributed by atoms with Crippen molar-refractivity contribution in [3.8, 4) is 0 Å². The number of nitrogens with one attached hydrogen (secondary N) is 1. The van der Waals surface area contributed by atoms with Crippen molar-refractivity contribution in [2.75, 3.05) is 5.32 Å². The average Bonchev–Trinajstić information content (AvgIpc) is 2.61. The van der Waals surface area contributed by atoms with Gasteiger partial charge in [-0.05, 0) is 48.6 Å². The fraction of sp³-hybridized carbons (Fsp3) is 0.200. The predicted molar refractivity (Wildman–Crippen MR) is 96.0 cm³/mol. The molecule has 4 nitrogen and oxygen atoms in total. The Labute approximate surface area is 140 Å². The Bertz CT molecular complexity index is 920. The normalized spacial score (nSPS) is 16.6. The van der Waals surface area contributed by atoms with Gasteiger partial charge in [-0.3, -0.25) is 4.79 Å². The first-order chi connectivity index (χ1) is 11.7. The van der Waals surface area contributed by atoms with Crippen LogP contribution in [0.1, 0.15) is 40.4 Å². The van der Waals surface area contributed by atoms with Crippen molar-refractivity contribution in [1.29, 1.82) is 0 Å². The number of carbonyl (C=O) groups is 1. The maximum atomic E-state index is 11.6. The summed E-state index contributed by atoms with van der Waals surface area (Å²) in [6, 6.07) is 18.2. The van der Waals surface area contributed by atoms with Gasteiger partial charge in [0.25, 0.3) is 5.91 Å². The first kappa shape index (κ1) is 14.7. The monoisotopic (exact) mass is 317 g/mol. The number of amides is 1. The highest BCUT2D eigenvalue weighted by Crippen LogP contribution is 2.32. The molecule has 0 aliphatic heterocycles. The largest absolute Gasteiger partial charge is 0.366 e. The Kier molecular flexibility index (Phi) is 3.65. The van der Waals surface area contributed by atoms with E-state index in [1.807, 2.05) is 24.3 Å². The summed E-state index contributed by atoms with van der Waals surface area (Å²) >= 11 is 0. The number of nitrogens with zero attached hydrogens (tertiary/aromatic N) is 1.